The first-order valence-corrected chi connectivity index (χ1v) is 5.55. The maximum Gasteiger partial charge on any atom is 0.155 e. The van der Waals surface area contributed by atoms with Gasteiger partial charge in [-0.15, -0.1) is 0 Å². The van der Waals surface area contributed by atoms with Gasteiger partial charge in [0.25, 0.3) is 0 Å². The summed E-state index contributed by atoms with van der Waals surface area (Å²) in [5.41, 5.74) is 2.34. The monoisotopic (exact) mass is 216 g/mol. The Kier molecular flexibility index (Phi) is 3.66. The molecule has 4 heteroatoms. The Hall–Kier alpha value is -1.68. The number of hydrogen-bond acceptors (Lipinski definition) is 3. The molecule has 0 saturated carbocycles. The third kappa shape index (κ3) is 2.67. The van der Waals surface area contributed by atoms with E-state index in [0.29, 0.717) is 0 Å². The second-order valence-electron chi connectivity index (χ2n) is 3.71. The SMILES string of the molecule is CCCNCc1cccc(-c2ncn[nH]2)c1. The highest BCUT2D eigenvalue weighted by Gasteiger charge is 2.01. The van der Waals surface area contributed by atoms with Gasteiger partial charge in [0.1, 0.15) is 6.33 Å². The first kappa shape index (κ1) is 10.8. The topological polar surface area (TPSA) is 53.6 Å². The molecule has 0 atom stereocenters. The lowest BCUT2D eigenvalue weighted by Crippen LogP contribution is -2.13. The molecule has 16 heavy (non-hydrogen) atoms. The van der Waals surface area contributed by atoms with E-state index in [1.807, 2.05) is 12.1 Å². The van der Waals surface area contributed by atoms with Crippen molar-refractivity contribution in [3.05, 3.63) is 36.2 Å². The quantitative estimate of drug-likeness (QED) is 0.751. The maximum absolute atomic E-state index is 4.14. The zero-order chi connectivity index (χ0) is 11.2. The third-order valence-corrected chi connectivity index (χ3v) is 2.37. The number of rotatable bonds is 5. The summed E-state index contributed by atoms with van der Waals surface area (Å²) >= 11 is 0. The Bertz CT molecular complexity index is 422. The summed E-state index contributed by atoms with van der Waals surface area (Å²) < 4.78 is 0. The van der Waals surface area contributed by atoms with Crippen LogP contribution < -0.4 is 5.32 Å². The van der Waals surface area contributed by atoms with Crippen molar-refractivity contribution in [1.29, 1.82) is 0 Å². The van der Waals surface area contributed by atoms with E-state index in [9.17, 15) is 0 Å². The summed E-state index contributed by atoms with van der Waals surface area (Å²) in [6.07, 6.45) is 2.68. The molecule has 0 spiro atoms. The van der Waals surface area contributed by atoms with Gasteiger partial charge in [-0.05, 0) is 24.6 Å². The fourth-order valence-corrected chi connectivity index (χ4v) is 1.58. The smallest absolute Gasteiger partial charge is 0.155 e. The molecule has 1 aromatic carbocycles. The summed E-state index contributed by atoms with van der Waals surface area (Å²) in [4.78, 5) is 4.14. The molecule has 2 aromatic rings. The molecular weight excluding hydrogens is 200 g/mol. The van der Waals surface area contributed by atoms with E-state index in [4.69, 9.17) is 0 Å². The summed E-state index contributed by atoms with van der Waals surface area (Å²) in [6.45, 7) is 4.11. The van der Waals surface area contributed by atoms with E-state index in [2.05, 4.69) is 39.6 Å². The Morgan fingerprint density at radius 3 is 3.06 bits per heavy atom. The number of H-pyrrole nitrogens is 1. The summed E-state index contributed by atoms with van der Waals surface area (Å²) in [5, 5.41) is 10.1. The molecule has 0 aliphatic rings. The van der Waals surface area contributed by atoms with Crippen molar-refractivity contribution in [3.63, 3.8) is 0 Å². The van der Waals surface area contributed by atoms with E-state index >= 15 is 0 Å². The fraction of sp³-hybridized carbons (Fsp3) is 0.333. The number of benzene rings is 1. The molecule has 0 amide bonds. The molecule has 0 aliphatic heterocycles. The third-order valence-electron chi connectivity index (χ3n) is 2.37. The molecular formula is C12H16N4. The molecule has 0 bridgehead atoms. The lowest BCUT2D eigenvalue weighted by molar-refractivity contribution is 0.675. The van der Waals surface area contributed by atoms with Gasteiger partial charge in [0.15, 0.2) is 5.82 Å². The summed E-state index contributed by atoms with van der Waals surface area (Å²) in [6, 6.07) is 8.32. The number of hydrogen-bond donors (Lipinski definition) is 2. The number of nitrogens with zero attached hydrogens (tertiary/aromatic N) is 2. The lowest BCUT2D eigenvalue weighted by Gasteiger charge is -2.04. The predicted octanol–water partition coefficient (Wildman–Crippen LogP) is 1.97. The minimum Gasteiger partial charge on any atom is -0.313 e. The van der Waals surface area contributed by atoms with Crippen LogP contribution in [0.15, 0.2) is 30.6 Å². The molecule has 0 fully saturated rings. The molecule has 0 aliphatic carbocycles. The second kappa shape index (κ2) is 5.42. The van der Waals surface area contributed by atoms with Crippen molar-refractivity contribution >= 4 is 0 Å². The summed E-state index contributed by atoms with van der Waals surface area (Å²) in [5.74, 6) is 0.817. The second-order valence-corrected chi connectivity index (χ2v) is 3.71. The van der Waals surface area contributed by atoms with Gasteiger partial charge in [-0.2, -0.15) is 5.10 Å². The van der Waals surface area contributed by atoms with Crippen LogP contribution >= 0.6 is 0 Å². The maximum atomic E-state index is 4.14. The van der Waals surface area contributed by atoms with Crippen LogP contribution in [0.1, 0.15) is 18.9 Å². The van der Waals surface area contributed by atoms with Gasteiger partial charge in [0.2, 0.25) is 0 Å². The Balaban J connectivity index is 2.08. The van der Waals surface area contributed by atoms with Gasteiger partial charge in [-0.1, -0.05) is 25.1 Å². The number of aromatic nitrogens is 3. The molecule has 2 rings (SSSR count). The first-order chi connectivity index (χ1) is 7.90. The molecule has 1 heterocycles. The average molecular weight is 216 g/mol. The fourth-order valence-electron chi connectivity index (χ4n) is 1.58. The van der Waals surface area contributed by atoms with Gasteiger partial charge < -0.3 is 5.32 Å². The van der Waals surface area contributed by atoms with Crippen LogP contribution in [0.5, 0.6) is 0 Å². The number of aromatic amines is 1. The molecule has 4 nitrogen and oxygen atoms in total. The van der Waals surface area contributed by atoms with Crippen LogP contribution in [0.2, 0.25) is 0 Å². The zero-order valence-corrected chi connectivity index (χ0v) is 9.40. The van der Waals surface area contributed by atoms with Crippen LogP contribution in [0.3, 0.4) is 0 Å². The molecule has 2 N–H and O–H groups in total. The largest absolute Gasteiger partial charge is 0.313 e. The van der Waals surface area contributed by atoms with Crippen LogP contribution in [0.4, 0.5) is 0 Å². The zero-order valence-electron chi connectivity index (χ0n) is 9.40. The summed E-state index contributed by atoms with van der Waals surface area (Å²) in [7, 11) is 0. The standard InChI is InChI=1S/C12H16N4/c1-2-6-13-8-10-4-3-5-11(7-10)12-14-9-15-16-12/h3-5,7,9,13H,2,6,8H2,1H3,(H,14,15,16). The van der Waals surface area contributed by atoms with Gasteiger partial charge in [0.05, 0.1) is 0 Å². The molecule has 0 saturated heterocycles. The van der Waals surface area contributed by atoms with E-state index in [-0.39, 0.29) is 0 Å². The average Bonchev–Trinajstić information content (AvgIpc) is 2.83. The Morgan fingerprint density at radius 2 is 2.31 bits per heavy atom. The van der Waals surface area contributed by atoms with Gasteiger partial charge in [-0.3, -0.25) is 5.10 Å². The van der Waals surface area contributed by atoms with Crippen molar-refractivity contribution in [2.75, 3.05) is 6.54 Å². The molecule has 0 radical (unpaired) electrons. The molecule has 84 valence electrons. The molecule has 1 aromatic heterocycles. The van der Waals surface area contributed by atoms with Crippen molar-refractivity contribution in [2.45, 2.75) is 19.9 Å². The van der Waals surface area contributed by atoms with Gasteiger partial charge in [0, 0.05) is 12.1 Å². The minimum atomic E-state index is 0.817. The minimum absolute atomic E-state index is 0.817. The van der Waals surface area contributed by atoms with Gasteiger partial charge >= 0.3 is 0 Å². The lowest BCUT2D eigenvalue weighted by atomic mass is 10.1. The Morgan fingerprint density at radius 1 is 1.38 bits per heavy atom. The van der Waals surface area contributed by atoms with E-state index in [1.54, 1.807) is 0 Å². The Labute approximate surface area is 95.1 Å². The van der Waals surface area contributed by atoms with Crippen molar-refractivity contribution < 1.29 is 0 Å². The predicted molar refractivity (Wildman–Crippen MR) is 63.8 cm³/mol. The highest BCUT2D eigenvalue weighted by molar-refractivity contribution is 5.55. The van der Waals surface area contributed by atoms with Crippen LogP contribution in [-0.4, -0.2) is 21.7 Å². The van der Waals surface area contributed by atoms with Crippen molar-refractivity contribution in [3.8, 4) is 11.4 Å². The molecule has 0 unspecified atom stereocenters. The van der Waals surface area contributed by atoms with E-state index in [1.165, 1.54) is 11.9 Å². The first-order valence-electron chi connectivity index (χ1n) is 5.55. The highest BCUT2D eigenvalue weighted by Crippen LogP contribution is 2.15. The number of nitrogens with one attached hydrogen (secondary N) is 2. The van der Waals surface area contributed by atoms with Crippen LogP contribution in [0.25, 0.3) is 11.4 Å². The normalized spacial score (nSPS) is 10.6. The van der Waals surface area contributed by atoms with E-state index in [0.717, 1.165) is 30.9 Å². The van der Waals surface area contributed by atoms with E-state index < -0.39 is 0 Å². The van der Waals surface area contributed by atoms with Crippen molar-refractivity contribution in [2.24, 2.45) is 0 Å². The van der Waals surface area contributed by atoms with Crippen molar-refractivity contribution in [1.82, 2.24) is 20.5 Å². The van der Waals surface area contributed by atoms with Gasteiger partial charge in [-0.25, -0.2) is 4.98 Å². The van der Waals surface area contributed by atoms with Crippen LogP contribution in [0, 0.1) is 0 Å². The van der Waals surface area contributed by atoms with Crippen LogP contribution in [-0.2, 0) is 6.54 Å². The highest BCUT2D eigenvalue weighted by atomic mass is 15.2.